The summed E-state index contributed by atoms with van der Waals surface area (Å²) in [5.74, 6) is 2.61. The van der Waals surface area contributed by atoms with E-state index in [1.54, 1.807) is 0 Å². The van der Waals surface area contributed by atoms with Gasteiger partial charge in [0.2, 0.25) is 0 Å². The van der Waals surface area contributed by atoms with Crippen LogP contribution in [0.2, 0.25) is 0 Å². The van der Waals surface area contributed by atoms with Crippen molar-refractivity contribution in [3.05, 3.63) is 35.9 Å². The van der Waals surface area contributed by atoms with Crippen LogP contribution in [0.5, 0.6) is 0 Å². The molecule has 0 atom stereocenters. The molecular formula is C14H19N. The Morgan fingerprint density at radius 1 is 1.27 bits per heavy atom. The van der Waals surface area contributed by atoms with Crippen molar-refractivity contribution in [3.63, 3.8) is 0 Å². The highest BCUT2D eigenvalue weighted by Crippen LogP contribution is 2.12. The molecule has 1 rings (SSSR count). The molecule has 0 heterocycles. The Bertz CT molecular complexity index is 319. The summed E-state index contributed by atoms with van der Waals surface area (Å²) in [7, 11) is 0. The SMILES string of the molecule is C#CCNC(C)(C)CCc1ccccc1. The van der Waals surface area contributed by atoms with Gasteiger partial charge in [0.1, 0.15) is 0 Å². The molecule has 0 amide bonds. The molecule has 1 aromatic rings. The molecule has 0 aliphatic carbocycles. The van der Waals surface area contributed by atoms with E-state index in [0.717, 1.165) is 12.8 Å². The van der Waals surface area contributed by atoms with E-state index in [2.05, 4.69) is 49.4 Å². The number of hydrogen-bond acceptors (Lipinski definition) is 1. The summed E-state index contributed by atoms with van der Waals surface area (Å²) in [4.78, 5) is 0. The van der Waals surface area contributed by atoms with Gasteiger partial charge in [0.15, 0.2) is 0 Å². The van der Waals surface area contributed by atoms with Gasteiger partial charge in [-0.1, -0.05) is 36.3 Å². The summed E-state index contributed by atoms with van der Waals surface area (Å²) < 4.78 is 0. The minimum absolute atomic E-state index is 0.113. The molecule has 0 fully saturated rings. The fourth-order valence-corrected chi connectivity index (χ4v) is 1.48. The van der Waals surface area contributed by atoms with Crippen LogP contribution in [0, 0.1) is 12.3 Å². The van der Waals surface area contributed by atoms with Crippen molar-refractivity contribution in [1.82, 2.24) is 5.32 Å². The van der Waals surface area contributed by atoms with Crippen LogP contribution in [-0.2, 0) is 6.42 Å². The standard InChI is InChI=1S/C14H19N/c1-4-12-15-14(2,3)11-10-13-8-6-5-7-9-13/h1,5-9,15H,10-12H2,2-3H3. The van der Waals surface area contributed by atoms with Crippen LogP contribution in [0.1, 0.15) is 25.8 Å². The molecule has 1 nitrogen and oxygen atoms in total. The normalized spacial score (nSPS) is 11.0. The predicted molar refractivity (Wildman–Crippen MR) is 65.7 cm³/mol. The Morgan fingerprint density at radius 2 is 1.93 bits per heavy atom. The highest BCUT2D eigenvalue weighted by molar-refractivity contribution is 5.15. The molecule has 0 spiro atoms. The van der Waals surface area contributed by atoms with Crippen LogP contribution in [-0.4, -0.2) is 12.1 Å². The Kier molecular flexibility index (Phi) is 4.39. The number of terminal acetylenes is 1. The van der Waals surface area contributed by atoms with Crippen molar-refractivity contribution in [2.45, 2.75) is 32.2 Å². The summed E-state index contributed by atoms with van der Waals surface area (Å²) in [6.07, 6.45) is 7.42. The molecule has 0 saturated carbocycles. The minimum atomic E-state index is 0.113. The van der Waals surface area contributed by atoms with E-state index in [9.17, 15) is 0 Å². The van der Waals surface area contributed by atoms with Gasteiger partial charge in [-0.25, -0.2) is 0 Å². The number of rotatable bonds is 5. The third-order valence-electron chi connectivity index (χ3n) is 2.55. The fourth-order valence-electron chi connectivity index (χ4n) is 1.48. The van der Waals surface area contributed by atoms with Gasteiger partial charge in [0.05, 0.1) is 6.54 Å². The van der Waals surface area contributed by atoms with Gasteiger partial charge in [0.25, 0.3) is 0 Å². The molecule has 1 aromatic carbocycles. The van der Waals surface area contributed by atoms with Gasteiger partial charge < -0.3 is 5.32 Å². The Balaban J connectivity index is 2.40. The van der Waals surface area contributed by atoms with Crippen molar-refractivity contribution >= 4 is 0 Å². The van der Waals surface area contributed by atoms with E-state index in [0.29, 0.717) is 6.54 Å². The third kappa shape index (κ3) is 4.67. The predicted octanol–water partition coefficient (Wildman–Crippen LogP) is 2.62. The second-order valence-electron chi connectivity index (χ2n) is 4.43. The topological polar surface area (TPSA) is 12.0 Å². The lowest BCUT2D eigenvalue weighted by atomic mass is 9.95. The third-order valence-corrected chi connectivity index (χ3v) is 2.55. The van der Waals surface area contributed by atoms with E-state index in [-0.39, 0.29) is 5.54 Å². The number of nitrogens with one attached hydrogen (secondary N) is 1. The lowest BCUT2D eigenvalue weighted by molar-refractivity contribution is 0.381. The van der Waals surface area contributed by atoms with E-state index in [1.807, 2.05) is 6.07 Å². The van der Waals surface area contributed by atoms with Crippen LogP contribution in [0.15, 0.2) is 30.3 Å². The van der Waals surface area contributed by atoms with Crippen LogP contribution in [0.25, 0.3) is 0 Å². The minimum Gasteiger partial charge on any atom is -0.301 e. The summed E-state index contributed by atoms with van der Waals surface area (Å²) >= 11 is 0. The molecule has 0 aliphatic rings. The lowest BCUT2D eigenvalue weighted by Gasteiger charge is -2.25. The van der Waals surface area contributed by atoms with Gasteiger partial charge in [0, 0.05) is 5.54 Å². The highest BCUT2D eigenvalue weighted by atomic mass is 14.9. The van der Waals surface area contributed by atoms with Crippen molar-refractivity contribution in [3.8, 4) is 12.3 Å². The van der Waals surface area contributed by atoms with Gasteiger partial charge in [-0.15, -0.1) is 6.42 Å². The van der Waals surface area contributed by atoms with Gasteiger partial charge in [-0.2, -0.15) is 0 Å². The smallest absolute Gasteiger partial charge is 0.0577 e. The van der Waals surface area contributed by atoms with E-state index >= 15 is 0 Å². The average Bonchev–Trinajstić information content (AvgIpc) is 2.25. The molecule has 0 saturated heterocycles. The highest BCUT2D eigenvalue weighted by Gasteiger charge is 2.15. The molecule has 0 aliphatic heterocycles. The zero-order valence-corrected chi connectivity index (χ0v) is 9.59. The van der Waals surface area contributed by atoms with E-state index in [1.165, 1.54) is 5.56 Å². The molecule has 15 heavy (non-hydrogen) atoms. The first-order valence-corrected chi connectivity index (χ1v) is 5.36. The number of benzene rings is 1. The zero-order valence-electron chi connectivity index (χ0n) is 9.59. The molecule has 1 N–H and O–H groups in total. The molecule has 0 unspecified atom stereocenters. The maximum Gasteiger partial charge on any atom is 0.0577 e. The zero-order chi connectivity index (χ0) is 11.1. The van der Waals surface area contributed by atoms with E-state index in [4.69, 9.17) is 6.42 Å². The molecule has 0 bridgehead atoms. The van der Waals surface area contributed by atoms with Crippen LogP contribution >= 0.6 is 0 Å². The first-order chi connectivity index (χ1) is 7.14. The lowest BCUT2D eigenvalue weighted by Crippen LogP contribution is -2.39. The van der Waals surface area contributed by atoms with Gasteiger partial charge in [-0.3, -0.25) is 0 Å². The summed E-state index contributed by atoms with van der Waals surface area (Å²) in [6.45, 7) is 5.02. The molecule has 0 aromatic heterocycles. The van der Waals surface area contributed by atoms with Crippen molar-refractivity contribution in [1.29, 1.82) is 0 Å². The van der Waals surface area contributed by atoms with Crippen LogP contribution < -0.4 is 5.32 Å². The Labute approximate surface area is 92.9 Å². The fraction of sp³-hybridized carbons (Fsp3) is 0.429. The molecular weight excluding hydrogens is 182 g/mol. The van der Waals surface area contributed by atoms with Crippen LogP contribution in [0.3, 0.4) is 0 Å². The summed E-state index contributed by atoms with van der Waals surface area (Å²) in [5, 5.41) is 3.34. The summed E-state index contributed by atoms with van der Waals surface area (Å²) in [6, 6.07) is 10.5. The molecule has 1 heteroatoms. The number of aryl methyl sites for hydroxylation is 1. The van der Waals surface area contributed by atoms with Crippen molar-refractivity contribution in [2.75, 3.05) is 6.54 Å². The first-order valence-electron chi connectivity index (χ1n) is 5.36. The molecule has 80 valence electrons. The van der Waals surface area contributed by atoms with Gasteiger partial charge in [-0.05, 0) is 32.3 Å². The number of hydrogen-bond donors (Lipinski definition) is 1. The largest absolute Gasteiger partial charge is 0.301 e. The Morgan fingerprint density at radius 3 is 2.53 bits per heavy atom. The second kappa shape index (κ2) is 5.58. The van der Waals surface area contributed by atoms with Gasteiger partial charge >= 0.3 is 0 Å². The maximum absolute atomic E-state index is 5.23. The quantitative estimate of drug-likeness (QED) is 0.722. The average molecular weight is 201 g/mol. The van der Waals surface area contributed by atoms with Crippen LogP contribution in [0.4, 0.5) is 0 Å². The Hall–Kier alpha value is -1.26. The maximum atomic E-state index is 5.23. The van der Waals surface area contributed by atoms with E-state index < -0.39 is 0 Å². The monoisotopic (exact) mass is 201 g/mol. The molecule has 0 radical (unpaired) electrons. The first kappa shape index (κ1) is 11.8. The van der Waals surface area contributed by atoms with Crippen molar-refractivity contribution in [2.24, 2.45) is 0 Å². The second-order valence-corrected chi connectivity index (χ2v) is 4.43. The van der Waals surface area contributed by atoms with Crippen molar-refractivity contribution < 1.29 is 0 Å². The summed E-state index contributed by atoms with van der Waals surface area (Å²) in [5.41, 5.74) is 1.50.